The number of thioether (sulfide) groups is 1. The summed E-state index contributed by atoms with van der Waals surface area (Å²) in [5.41, 5.74) is 3.59. The second-order valence-electron chi connectivity index (χ2n) is 3.19. The molecule has 0 spiro atoms. The molecule has 1 rings (SSSR count). The van der Waals surface area contributed by atoms with Gasteiger partial charge >= 0.3 is 5.97 Å². The summed E-state index contributed by atoms with van der Waals surface area (Å²) in [6.07, 6.45) is 1.64. The first-order valence-corrected chi connectivity index (χ1v) is 5.57. The summed E-state index contributed by atoms with van der Waals surface area (Å²) < 4.78 is 0. The predicted molar refractivity (Wildman–Crippen MR) is 61.8 cm³/mol. The Hall–Kier alpha value is -1.50. The maximum atomic E-state index is 11.3. The lowest BCUT2D eigenvalue weighted by Gasteiger charge is -2.00. The lowest BCUT2D eigenvalue weighted by Crippen LogP contribution is -2.27. The molecule has 1 heterocycles. The van der Waals surface area contributed by atoms with Gasteiger partial charge in [-0.3, -0.25) is 15.0 Å². The van der Waals surface area contributed by atoms with Gasteiger partial charge in [-0.2, -0.15) is 5.10 Å². The van der Waals surface area contributed by atoms with Crippen molar-refractivity contribution in [3.63, 3.8) is 0 Å². The maximum Gasteiger partial charge on any atom is 0.305 e. The SMILES string of the molecule is CC=C(C)NN=C1NC(=O)C(CC(=O)O)S1. The Labute approximate surface area is 97.2 Å². The fourth-order valence-corrected chi connectivity index (χ4v) is 1.87. The molecule has 1 fully saturated rings. The highest BCUT2D eigenvalue weighted by Gasteiger charge is 2.32. The van der Waals surface area contributed by atoms with Crippen molar-refractivity contribution in [2.75, 3.05) is 0 Å². The molecule has 1 saturated heterocycles. The molecule has 1 aliphatic heterocycles. The number of carbonyl (C=O) groups is 2. The van der Waals surface area contributed by atoms with Crippen molar-refractivity contribution in [1.29, 1.82) is 0 Å². The third-order valence-electron chi connectivity index (χ3n) is 1.90. The standard InChI is InChI=1S/C9H13N3O3S/c1-3-5(2)11-12-9-10-8(15)6(16-9)4-7(13)14/h3,6,11H,4H2,1-2H3,(H,13,14)(H,10,12,15). The van der Waals surface area contributed by atoms with Crippen molar-refractivity contribution >= 4 is 28.8 Å². The van der Waals surface area contributed by atoms with Gasteiger partial charge in [-0.15, -0.1) is 0 Å². The molecule has 0 aliphatic carbocycles. The summed E-state index contributed by atoms with van der Waals surface area (Å²) in [6.45, 7) is 3.69. The van der Waals surface area contributed by atoms with E-state index < -0.39 is 11.2 Å². The lowest BCUT2D eigenvalue weighted by molar-refractivity contribution is -0.138. The molecule has 1 unspecified atom stereocenters. The zero-order valence-electron chi connectivity index (χ0n) is 8.98. The van der Waals surface area contributed by atoms with Crippen LogP contribution in [0.1, 0.15) is 20.3 Å². The molecule has 1 aliphatic rings. The fraction of sp³-hybridized carbons (Fsp3) is 0.444. The van der Waals surface area contributed by atoms with Crippen LogP contribution in [0.2, 0.25) is 0 Å². The number of carboxylic acids is 1. The van der Waals surface area contributed by atoms with E-state index in [2.05, 4.69) is 15.8 Å². The summed E-state index contributed by atoms with van der Waals surface area (Å²) >= 11 is 1.12. The van der Waals surface area contributed by atoms with Gasteiger partial charge in [0.05, 0.1) is 6.42 Å². The Morgan fingerprint density at radius 2 is 2.44 bits per heavy atom. The summed E-state index contributed by atoms with van der Waals surface area (Å²) in [7, 11) is 0. The first-order valence-electron chi connectivity index (χ1n) is 4.69. The van der Waals surface area contributed by atoms with Crippen LogP contribution < -0.4 is 10.7 Å². The van der Waals surface area contributed by atoms with Crippen molar-refractivity contribution in [3.8, 4) is 0 Å². The summed E-state index contributed by atoms with van der Waals surface area (Å²) in [6, 6.07) is 0. The Kier molecular flexibility index (Phi) is 4.36. The first kappa shape index (κ1) is 12.6. The number of carboxylic acid groups (broad SMARTS) is 1. The Morgan fingerprint density at radius 3 is 3.00 bits per heavy atom. The molecule has 6 nitrogen and oxygen atoms in total. The summed E-state index contributed by atoms with van der Waals surface area (Å²) in [4.78, 5) is 21.8. The van der Waals surface area contributed by atoms with Crippen molar-refractivity contribution in [3.05, 3.63) is 11.8 Å². The minimum Gasteiger partial charge on any atom is -0.481 e. The largest absolute Gasteiger partial charge is 0.481 e. The highest BCUT2D eigenvalue weighted by molar-refractivity contribution is 8.15. The predicted octanol–water partition coefficient (Wildman–Crippen LogP) is 0.477. The van der Waals surface area contributed by atoms with Crippen molar-refractivity contribution < 1.29 is 14.7 Å². The van der Waals surface area contributed by atoms with Crippen molar-refractivity contribution in [1.82, 2.24) is 10.7 Å². The molecule has 0 bridgehead atoms. The van der Waals surface area contributed by atoms with Crippen LogP contribution in [-0.2, 0) is 9.59 Å². The molecule has 0 aromatic carbocycles. The van der Waals surface area contributed by atoms with E-state index >= 15 is 0 Å². The van der Waals surface area contributed by atoms with Gasteiger partial charge in [0.25, 0.3) is 0 Å². The second kappa shape index (κ2) is 5.55. The fourth-order valence-electron chi connectivity index (χ4n) is 0.954. The van der Waals surface area contributed by atoms with Crippen LogP contribution in [-0.4, -0.2) is 27.4 Å². The van der Waals surface area contributed by atoms with E-state index in [4.69, 9.17) is 5.11 Å². The highest BCUT2D eigenvalue weighted by Crippen LogP contribution is 2.21. The Bertz CT molecular complexity index is 365. The van der Waals surface area contributed by atoms with E-state index in [1.807, 2.05) is 19.9 Å². The summed E-state index contributed by atoms with van der Waals surface area (Å²) in [5.74, 6) is -1.31. The number of allylic oxidation sites excluding steroid dienone is 2. The van der Waals surface area contributed by atoms with Crippen LogP contribution in [0.25, 0.3) is 0 Å². The van der Waals surface area contributed by atoms with Crippen LogP contribution in [0.3, 0.4) is 0 Å². The molecule has 88 valence electrons. The molecular formula is C9H13N3O3S. The lowest BCUT2D eigenvalue weighted by atomic mass is 10.3. The minimum atomic E-state index is -0.994. The van der Waals surface area contributed by atoms with Gasteiger partial charge < -0.3 is 10.4 Å². The molecule has 0 aromatic heterocycles. The number of nitrogens with zero attached hydrogens (tertiary/aromatic N) is 1. The Morgan fingerprint density at radius 1 is 1.75 bits per heavy atom. The van der Waals surface area contributed by atoms with Crippen LogP contribution >= 0.6 is 11.8 Å². The molecule has 1 atom stereocenters. The van der Waals surface area contributed by atoms with Crippen molar-refractivity contribution in [2.24, 2.45) is 5.10 Å². The number of nitrogens with one attached hydrogen (secondary N) is 2. The van der Waals surface area contributed by atoms with Crippen LogP contribution in [0.5, 0.6) is 0 Å². The highest BCUT2D eigenvalue weighted by atomic mass is 32.2. The molecule has 1 amide bonds. The number of hydrazone groups is 1. The maximum absolute atomic E-state index is 11.3. The molecule has 0 radical (unpaired) electrons. The van der Waals surface area contributed by atoms with E-state index in [1.54, 1.807) is 0 Å². The smallest absolute Gasteiger partial charge is 0.305 e. The number of amidine groups is 1. The Balaban J connectivity index is 2.55. The van der Waals surface area contributed by atoms with Gasteiger partial charge in [-0.25, -0.2) is 0 Å². The average Bonchev–Trinajstić information content (AvgIpc) is 2.55. The zero-order chi connectivity index (χ0) is 12.1. The number of aliphatic carboxylic acids is 1. The molecule has 3 N–H and O–H groups in total. The van der Waals surface area contributed by atoms with Gasteiger partial charge in [0.1, 0.15) is 5.25 Å². The van der Waals surface area contributed by atoms with Crippen LogP contribution in [0.4, 0.5) is 0 Å². The second-order valence-corrected chi connectivity index (χ2v) is 4.39. The zero-order valence-corrected chi connectivity index (χ0v) is 9.80. The van der Waals surface area contributed by atoms with Gasteiger partial charge in [0.2, 0.25) is 5.91 Å². The van der Waals surface area contributed by atoms with E-state index in [9.17, 15) is 9.59 Å². The van der Waals surface area contributed by atoms with Crippen LogP contribution in [0.15, 0.2) is 16.9 Å². The van der Waals surface area contributed by atoms with Gasteiger partial charge in [-0.05, 0) is 13.8 Å². The van der Waals surface area contributed by atoms with E-state index in [1.165, 1.54) is 0 Å². The van der Waals surface area contributed by atoms with E-state index in [0.29, 0.717) is 5.17 Å². The van der Waals surface area contributed by atoms with E-state index in [-0.39, 0.29) is 12.3 Å². The molecule has 7 heteroatoms. The van der Waals surface area contributed by atoms with Gasteiger partial charge in [0, 0.05) is 5.70 Å². The number of hydrogen-bond acceptors (Lipinski definition) is 5. The molecule has 16 heavy (non-hydrogen) atoms. The van der Waals surface area contributed by atoms with Crippen LogP contribution in [0, 0.1) is 0 Å². The number of carbonyl (C=O) groups excluding carboxylic acids is 1. The first-order chi connectivity index (χ1) is 7.52. The minimum absolute atomic E-state index is 0.196. The molecular weight excluding hydrogens is 230 g/mol. The third kappa shape index (κ3) is 3.58. The van der Waals surface area contributed by atoms with Gasteiger partial charge in [0.15, 0.2) is 5.17 Å². The van der Waals surface area contributed by atoms with E-state index in [0.717, 1.165) is 17.5 Å². The van der Waals surface area contributed by atoms with Crippen molar-refractivity contribution in [2.45, 2.75) is 25.5 Å². The number of amides is 1. The topological polar surface area (TPSA) is 90.8 Å². The number of hydrogen-bond donors (Lipinski definition) is 3. The molecule has 0 aromatic rings. The normalized spacial score (nSPS) is 23.4. The molecule has 0 saturated carbocycles. The summed E-state index contributed by atoms with van der Waals surface area (Å²) in [5, 5.41) is 14.8. The number of rotatable bonds is 4. The quantitative estimate of drug-likeness (QED) is 0.625. The average molecular weight is 243 g/mol. The monoisotopic (exact) mass is 243 g/mol. The van der Waals surface area contributed by atoms with Gasteiger partial charge in [-0.1, -0.05) is 17.8 Å². The third-order valence-corrected chi connectivity index (χ3v) is 2.99.